The summed E-state index contributed by atoms with van der Waals surface area (Å²) >= 11 is 0. The van der Waals surface area contributed by atoms with E-state index in [1.165, 1.54) is 7.11 Å². The molecule has 0 unspecified atom stereocenters. The van der Waals surface area contributed by atoms with Gasteiger partial charge in [0.25, 0.3) is 0 Å². The van der Waals surface area contributed by atoms with Crippen LogP contribution in [0.15, 0.2) is 5.16 Å². The molecular weight excluding hydrogens is 182 g/mol. The summed E-state index contributed by atoms with van der Waals surface area (Å²) in [4.78, 5) is 16.4. The monoisotopic (exact) mass is 199 g/mol. The molecule has 0 aromatic heterocycles. The third-order valence-electron chi connectivity index (χ3n) is 2.65. The molecule has 0 amide bonds. The van der Waals surface area contributed by atoms with Crippen molar-refractivity contribution >= 4 is 11.7 Å². The Hall–Kier alpha value is -1.06. The Morgan fingerprint density at radius 3 is 2.93 bits per heavy atom. The molecule has 80 valence electrons. The minimum atomic E-state index is -0.563. The maximum Gasteiger partial charge on any atom is 0.317 e. The fraction of sp³-hybridized carbons (Fsp3) is 0.800. The van der Waals surface area contributed by atoms with Crippen molar-refractivity contribution in [2.24, 2.45) is 10.6 Å². The van der Waals surface area contributed by atoms with Crippen LogP contribution in [0.1, 0.15) is 33.1 Å². The number of hydrogen-bond acceptors (Lipinski definition) is 4. The predicted molar refractivity (Wildman–Crippen MR) is 53.0 cm³/mol. The second kappa shape index (κ2) is 4.44. The molecule has 0 aromatic rings. The first-order valence-corrected chi connectivity index (χ1v) is 4.93. The largest absolute Gasteiger partial charge is 0.465 e. The molecule has 4 nitrogen and oxygen atoms in total. The summed E-state index contributed by atoms with van der Waals surface area (Å²) in [5.74, 6) is -0.187. The van der Waals surface area contributed by atoms with E-state index in [2.05, 4.69) is 5.16 Å². The number of carbonyl (C=O) groups is 1. The summed E-state index contributed by atoms with van der Waals surface area (Å²) in [6.07, 6.45) is 2.59. The molecule has 1 rings (SSSR count). The van der Waals surface area contributed by atoms with E-state index < -0.39 is 5.41 Å². The molecule has 0 heterocycles. The number of rotatable bonds is 3. The standard InChI is InChI=1S/C10H17NO3/c1-4-14-9(12)10(2)7-5-6-8(10)11-13-3/h4-7H2,1-3H3/b11-8+/t10-/m1/s1. The first kappa shape index (κ1) is 11.0. The predicted octanol–water partition coefficient (Wildman–Crippen LogP) is 1.74. The Labute approximate surface area is 84.3 Å². The lowest BCUT2D eigenvalue weighted by Gasteiger charge is -2.21. The number of ether oxygens (including phenoxy) is 1. The van der Waals surface area contributed by atoms with Crippen LogP contribution < -0.4 is 0 Å². The second-order valence-electron chi connectivity index (χ2n) is 3.63. The topological polar surface area (TPSA) is 47.9 Å². The Morgan fingerprint density at radius 1 is 1.64 bits per heavy atom. The van der Waals surface area contributed by atoms with Gasteiger partial charge in [0.15, 0.2) is 0 Å². The summed E-state index contributed by atoms with van der Waals surface area (Å²) in [5, 5.41) is 3.90. The molecule has 4 heteroatoms. The van der Waals surface area contributed by atoms with E-state index >= 15 is 0 Å². The van der Waals surface area contributed by atoms with Crippen LogP contribution >= 0.6 is 0 Å². The quantitative estimate of drug-likeness (QED) is 0.514. The second-order valence-corrected chi connectivity index (χ2v) is 3.63. The molecule has 0 saturated heterocycles. The van der Waals surface area contributed by atoms with Crippen molar-refractivity contribution in [3.05, 3.63) is 0 Å². The van der Waals surface area contributed by atoms with Crippen molar-refractivity contribution in [1.29, 1.82) is 0 Å². The highest BCUT2D eigenvalue weighted by atomic mass is 16.6. The van der Waals surface area contributed by atoms with Crippen LogP contribution in [0.3, 0.4) is 0 Å². The lowest BCUT2D eigenvalue weighted by molar-refractivity contribution is -0.150. The molecule has 0 N–H and O–H groups in total. The highest BCUT2D eigenvalue weighted by molar-refractivity contribution is 6.07. The van der Waals surface area contributed by atoms with E-state index in [1.807, 2.05) is 13.8 Å². The minimum Gasteiger partial charge on any atom is -0.465 e. The molecule has 0 radical (unpaired) electrons. The normalized spacial score (nSPS) is 29.2. The summed E-state index contributed by atoms with van der Waals surface area (Å²) in [6.45, 7) is 4.09. The van der Waals surface area contributed by atoms with Gasteiger partial charge in [-0.25, -0.2) is 0 Å². The van der Waals surface area contributed by atoms with Gasteiger partial charge in [-0.1, -0.05) is 5.16 Å². The molecule has 0 aliphatic heterocycles. The molecule has 1 atom stereocenters. The third kappa shape index (κ3) is 1.89. The van der Waals surface area contributed by atoms with Gasteiger partial charge in [0.05, 0.1) is 12.3 Å². The van der Waals surface area contributed by atoms with E-state index in [-0.39, 0.29) is 5.97 Å². The molecule has 0 bridgehead atoms. The van der Waals surface area contributed by atoms with E-state index in [0.29, 0.717) is 6.61 Å². The summed E-state index contributed by atoms with van der Waals surface area (Å²) in [7, 11) is 1.50. The fourth-order valence-electron chi connectivity index (χ4n) is 1.80. The van der Waals surface area contributed by atoms with Crippen molar-refractivity contribution < 1.29 is 14.4 Å². The van der Waals surface area contributed by atoms with Crippen molar-refractivity contribution in [2.75, 3.05) is 13.7 Å². The van der Waals surface area contributed by atoms with E-state index in [9.17, 15) is 4.79 Å². The number of carbonyl (C=O) groups excluding carboxylic acids is 1. The Balaban J connectivity index is 2.80. The summed E-state index contributed by atoms with van der Waals surface area (Å²) in [6, 6.07) is 0. The third-order valence-corrected chi connectivity index (χ3v) is 2.65. The molecule has 1 saturated carbocycles. The van der Waals surface area contributed by atoms with Gasteiger partial charge in [0.2, 0.25) is 0 Å². The molecule has 1 aliphatic rings. The first-order chi connectivity index (χ1) is 6.65. The minimum absolute atomic E-state index is 0.187. The molecule has 0 aromatic carbocycles. The van der Waals surface area contributed by atoms with Crippen molar-refractivity contribution in [3.8, 4) is 0 Å². The Bertz CT molecular complexity index is 250. The van der Waals surface area contributed by atoms with Crippen molar-refractivity contribution in [1.82, 2.24) is 0 Å². The Morgan fingerprint density at radius 2 is 2.36 bits per heavy atom. The SMILES string of the molecule is CCOC(=O)[C@]1(C)CCC/C1=N\OC. The maximum absolute atomic E-state index is 11.7. The van der Waals surface area contributed by atoms with Gasteiger partial charge in [0.1, 0.15) is 12.5 Å². The number of oxime groups is 1. The van der Waals surface area contributed by atoms with Crippen LogP contribution in [0, 0.1) is 5.41 Å². The zero-order chi connectivity index (χ0) is 10.6. The molecular formula is C10H17NO3. The first-order valence-electron chi connectivity index (χ1n) is 4.93. The lowest BCUT2D eigenvalue weighted by atomic mass is 9.87. The molecule has 1 fully saturated rings. The maximum atomic E-state index is 11.7. The van der Waals surface area contributed by atoms with Gasteiger partial charge >= 0.3 is 5.97 Å². The smallest absolute Gasteiger partial charge is 0.317 e. The van der Waals surface area contributed by atoms with Gasteiger partial charge in [-0.05, 0) is 33.1 Å². The van der Waals surface area contributed by atoms with Crippen molar-refractivity contribution in [3.63, 3.8) is 0 Å². The highest BCUT2D eigenvalue weighted by Crippen LogP contribution is 2.36. The zero-order valence-corrected chi connectivity index (χ0v) is 9.00. The molecule has 1 aliphatic carbocycles. The van der Waals surface area contributed by atoms with Crippen LogP contribution in [-0.4, -0.2) is 25.4 Å². The zero-order valence-electron chi connectivity index (χ0n) is 9.00. The average molecular weight is 199 g/mol. The van der Waals surface area contributed by atoms with Crippen LogP contribution in [0.2, 0.25) is 0 Å². The van der Waals surface area contributed by atoms with E-state index in [0.717, 1.165) is 25.0 Å². The van der Waals surface area contributed by atoms with Crippen LogP contribution in [0.4, 0.5) is 0 Å². The molecule has 14 heavy (non-hydrogen) atoms. The average Bonchev–Trinajstić information content (AvgIpc) is 2.51. The van der Waals surface area contributed by atoms with Gasteiger partial charge < -0.3 is 9.57 Å². The van der Waals surface area contributed by atoms with Crippen LogP contribution in [0.25, 0.3) is 0 Å². The number of nitrogens with zero attached hydrogens (tertiary/aromatic N) is 1. The van der Waals surface area contributed by atoms with Gasteiger partial charge in [0, 0.05) is 0 Å². The van der Waals surface area contributed by atoms with Gasteiger partial charge in [-0.15, -0.1) is 0 Å². The van der Waals surface area contributed by atoms with Gasteiger partial charge in [-0.3, -0.25) is 4.79 Å². The van der Waals surface area contributed by atoms with Crippen LogP contribution in [0.5, 0.6) is 0 Å². The lowest BCUT2D eigenvalue weighted by Crippen LogP contribution is -2.34. The van der Waals surface area contributed by atoms with Gasteiger partial charge in [-0.2, -0.15) is 0 Å². The van der Waals surface area contributed by atoms with E-state index in [1.54, 1.807) is 0 Å². The van der Waals surface area contributed by atoms with Crippen LogP contribution in [-0.2, 0) is 14.4 Å². The van der Waals surface area contributed by atoms with E-state index in [4.69, 9.17) is 9.57 Å². The molecule has 0 spiro atoms. The Kier molecular flexibility index (Phi) is 3.49. The number of esters is 1. The van der Waals surface area contributed by atoms with Crippen molar-refractivity contribution in [2.45, 2.75) is 33.1 Å². The number of hydrogen-bond donors (Lipinski definition) is 0. The highest BCUT2D eigenvalue weighted by Gasteiger charge is 2.44. The fourth-order valence-corrected chi connectivity index (χ4v) is 1.80. The summed E-state index contributed by atoms with van der Waals surface area (Å²) in [5.41, 5.74) is 0.241. The summed E-state index contributed by atoms with van der Waals surface area (Å²) < 4.78 is 5.03.